The van der Waals surface area contributed by atoms with Crippen LogP contribution in [0, 0.1) is 0 Å². The molecular weight excluding hydrogens is 400 g/mol. The quantitative estimate of drug-likeness (QED) is 0.656. The highest BCUT2D eigenvalue weighted by Gasteiger charge is 2.23. The first-order chi connectivity index (χ1) is 13.6. The summed E-state index contributed by atoms with van der Waals surface area (Å²) < 4.78 is 10.4. The normalized spacial score (nSPS) is 13.0. The second kappa shape index (κ2) is 7.98. The van der Waals surface area contributed by atoms with Gasteiger partial charge in [-0.3, -0.25) is 10.6 Å². The maximum absolute atomic E-state index is 12.1. The number of thiophene rings is 1. The zero-order chi connectivity index (χ0) is 19.5. The predicted octanol–water partition coefficient (Wildman–Crippen LogP) is 3.22. The fourth-order valence-corrected chi connectivity index (χ4v) is 4.42. The molecule has 4 rings (SSSR count). The lowest BCUT2D eigenvalue weighted by Crippen LogP contribution is -2.30. The molecule has 9 nitrogen and oxygen atoms in total. The molecule has 3 aromatic heterocycles. The first-order valence-electron chi connectivity index (χ1n) is 8.46. The largest absolute Gasteiger partial charge is 0.481 e. The number of hydrogen-bond acceptors (Lipinski definition) is 9. The zero-order valence-corrected chi connectivity index (χ0v) is 16.9. The minimum absolute atomic E-state index is 0.261. The number of anilines is 3. The van der Waals surface area contributed by atoms with Gasteiger partial charge in [0.05, 0.1) is 31.5 Å². The Morgan fingerprint density at radius 2 is 2.11 bits per heavy atom. The topological polar surface area (TPSA) is 102 Å². The van der Waals surface area contributed by atoms with Gasteiger partial charge in [0.25, 0.3) is 0 Å². The average molecular weight is 419 g/mol. The lowest BCUT2D eigenvalue weighted by Gasteiger charge is -2.27. The van der Waals surface area contributed by atoms with E-state index in [1.54, 1.807) is 13.2 Å². The molecule has 11 heteroatoms. The van der Waals surface area contributed by atoms with E-state index in [4.69, 9.17) is 9.47 Å². The number of urea groups is 1. The van der Waals surface area contributed by atoms with Crippen molar-refractivity contribution in [1.82, 2.24) is 15.0 Å². The van der Waals surface area contributed by atoms with Gasteiger partial charge in [0.2, 0.25) is 5.88 Å². The first-order valence-corrected chi connectivity index (χ1v) is 10.2. The third kappa shape index (κ3) is 3.99. The Balaban J connectivity index is 1.46. The summed E-state index contributed by atoms with van der Waals surface area (Å²) in [6, 6.07) is 5.47. The molecular formula is C17H18N6O3S2. The van der Waals surface area contributed by atoms with Crippen LogP contribution in [0.2, 0.25) is 0 Å². The number of rotatable bonds is 5. The number of fused-ring (bicyclic) bond motifs is 1. The van der Waals surface area contributed by atoms with E-state index in [9.17, 15) is 4.79 Å². The van der Waals surface area contributed by atoms with E-state index >= 15 is 0 Å². The van der Waals surface area contributed by atoms with Crippen LogP contribution in [0.1, 0.15) is 10.6 Å². The number of amides is 2. The molecule has 1 aliphatic heterocycles. The van der Waals surface area contributed by atoms with Crippen molar-refractivity contribution in [2.45, 2.75) is 13.0 Å². The number of thiazole rings is 1. The minimum atomic E-state index is -0.296. The summed E-state index contributed by atoms with van der Waals surface area (Å²) in [5, 5.41) is 8.88. The molecule has 0 aromatic carbocycles. The van der Waals surface area contributed by atoms with Gasteiger partial charge in [-0.25, -0.2) is 9.78 Å². The molecule has 0 atom stereocenters. The van der Waals surface area contributed by atoms with Crippen LogP contribution in [0.4, 0.5) is 20.7 Å². The minimum Gasteiger partial charge on any atom is -0.481 e. The molecule has 0 fully saturated rings. The zero-order valence-electron chi connectivity index (χ0n) is 15.3. The van der Waals surface area contributed by atoms with E-state index in [2.05, 4.69) is 30.5 Å². The molecule has 146 valence electrons. The SMILES string of the molecule is COc1cc(N2CCc3nc(NC(=O)Nc4cccs4)sc3C2)nc(OC)n1. The summed E-state index contributed by atoms with van der Waals surface area (Å²) in [7, 11) is 3.08. The summed E-state index contributed by atoms with van der Waals surface area (Å²) in [5.74, 6) is 1.18. The number of hydrogen-bond donors (Lipinski definition) is 2. The molecule has 0 spiro atoms. The Morgan fingerprint density at radius 3 is 2.86 bits per heavy atom. The van der Waals surface area contributed by atoms with Crippen LogP contribution >= 0.6 is 22.7 Å². The number of aromatic nitrogens is 3. The van der Waals surface area contributed by atoms with Gasteiger partial charge in [-0.1, -0.05) is 11.3 Å². The van der Waals surface area contributed by atoms with Crippen molar-refractivity contribution in [3.8, 4) is 11.9 Å². The van der Waals surface area contributed by atoms with Crippen molar-refractivity contribution >= 4 is 44.7 Å². The van der Waals surface area contributed by atoms with Gasteiger partial charge in [0.15, 0.2) is 5.13 Å². The van der Waals surface area contributed by atoms with Gasteiger partial charge in [-0.2, -0.15) is 9.97 Å². The van der Waals surface area contributed by atoms with E-state index in [0.717, 1.165) is 34.4 Å². The highest BCUT2D eigenvalue weighted by molar-refractivity contribution is 7.16. The van der Waals surface area contributed by atoms with Gasteiger partial charge in [0, 0.05) is 23.9 Å². The van der Waals surface area contributed by atoms with Crippen LogP contribution in [0.15, 0.2) is 23.6 Å². The number of methoxy groups -OCH3 is 2. The molecule has 0 saturated carbocycles. The van der Waals surface area contributed by atoms with E-state index in [0.29, 0.717) is 17.6 Å². The molecule has 3 aromatic rings. The van der Waals surface area contributed by atoms with E-state index < -0.39 is 0 Å². The monoisotopic (exact) mass is 418 g/mol. The second-order valence-electron chi connectivity index (χ2n) is 5.87. The fourth-order valence-electron chi connectivity index (χ4n) is 2.78. The predicted molar refractivity (Wildman–Crippen MR) is 109 cm³/mol. The van der Waals surface area contributed by atoms with Crippen molar-refractivity contribution in [2.24, 2.45) is 0 Å². The molecule has 0 saturated heterocycles. The second-order valence-corrected chi connectivity index (χ2v) is 7.90. The Hall–Kier alpha value is -2.92. The van der Waals surface area contributed by atoms with Crippen molar-refractivity contribution in [3.05, 3.63) is 34.2 Å². The molecule has 0 radical (unpaired) electrons. The van der Waals surface area contributed by atoms with Gasteiger partial charge in [0.1, 0.15) is 5.82 Å². The van der Waals surface area contributed by atoms with E-state index in [1.165, 1.54) is 29.8 Å². The maximum atomic E-state index is 12.1. The number of carbonyl (C=O) groups is 1. The molecule has 4 heterocycles. The van der Waals surface area contributed by atoms with Crippen LogP contribution in [-0.4, -0.2) is 41.7 Å². The number of ether oxygens (including phenoxy) is 2. The van der Waals surface area contributed by atoms with Gasteiger partial charge in [-0.15, -0.1) is 11.3 Å². The standard InChI is InChI=1S/C17H18N6O3S2/c1-25-13-8-12(19-16(20-13)26-2)23-6-5-10-11(9-23)28-17(18-10)22-15(24)21-14-4-3-7-27-14/h3-4,7-8H,5-6,9H2,1-2H3,(H2,18,21,22,24). The highest BCUT2D eigenvalue weighted by Crippen LogP contribution is 2.31. The number of carbonyl (C=O) groups excluding carboxylic acids is 1. The molecule has 28 heavy (non-hydrogen) atoms. The summed E-state index contributed by atoms with van der Waals surface area (Å²) in [6.45, 7) is 1.39. The molecule has 0 unspecified atom stereocenters. The van der Waals surface area contributed by atoms with Crippen LogP contribution in [-0.2, 0) is 13.0 Å². The Kier molecular flexibility index (Phi) is 5.26. The summed E-state index contributed by atoms with van der Waals surface area (Å²) in [4.78, 5) is 28.4. The van der Waals surface area contributed by atoms with Crippen molar-refractivity contribution in [1.29, 1.82) is 0 Å². The van der Waals surface area contributed by atoms with Crippen molar-refractivity contribution in [3.63, 3.8) is 0 Å². The maximum Gasteiger partial charge on any atom is 0.326 e. The van der Waals surface area contributed by atoms with Crippen LogP contribution < -0.4 is 25.0 Å². The molecule has 0 aliphatic carbocycles. The van der Waals surface area contributed by atoms with Crippen LogP contribution in [0.25, 0.3) is 0 Å². The summed E-state index contributed by atoms with van der Waals surface area (Å²) in [5.41, 5.74) is 1.00. The third-order valence-electron chi connectivity index (χ3n) is 4.09. The number of nitrogens with one attached hydrogen (secondary N) is 2. The summed E-state index contributed by atoms with van der Waals surface area (Å²) >= 11 is 2.93. The molecule has 2 N–H and O–H groups in total. The number of nitrogens with zero attached hydrogens (tertiary/aromatic N) is 4. The van der Waals surface area contributed by atoms with Gasteiger partial charge < -0.3 is 14.4 Å². The smallest absolute Gasteiger partial charge is 0.326 e. The Labute approximate surface area is 169 Å². The Bertz CT molecular complexity index is 953. The molecule has 0 bridgehead atoms. The van der Waals surface area contributed by atoms with E-state index in [-0.39, 0.29) is 12.0 Å². The fraction of sp³-hybridized carbons (Fsp3) is 0.294. The highest BCUT2D eigenvalue weighted by atomic mass is 32.1. The Morgan fingerprint density at radius 1 is 1.21 bits per heavy atom. The molecule has 2 amide bonds. The van der Waals surface area contributed by atoms with Crippen LogP contribution in [0.3, 0.4) is 0 Å². The van der Waals surface area contributed by atoms with Gasteiger partial charge in [-0.05, 0) is 17.5 Å². The van der Waals surface area contributed by atoms with Crippen LogP contribution in [0.5, 0.6) is 11.9 Å². The lowest BCUT2D eigenvalue weighted by atomic mass is 10.2. The van der Waals surface area contributed by atoms with Crippen molar-refractivity contribution < 1.29 is 14.3 Å². The van der Waals surface area contributed by atoms with Crippen molar-refractivity contribution in [2.75, 3.05) is 36.3 Å². The lowest BCUT2D eigenvalue weighted by molar-refractivity contribution is 0.262. The molecule has 1 aliphatic rings. The first kappa shape index (κ1) is 18.4. The van der Waals surface area contributed by atoms with E-state index in [1.807, 2.05) is 17.5 Å². The average Bonchev–Trinajstić information content (AvgIpc) is 3.35. The summed E-state index contributed by atoms with van der Waals surface area (Å²) in [6.07, 6.45) is 0.759. The van der Waals surface area contributed by atoms with Gasteiger partial charge >= 0.3 is 12.0 Å². The third-order valence-corrected chi connectivity index (χ3v) is 5.88.